The van der Waals surface area contributed by atoms with Crippen molar-refractivity contribution < 1.29 is 4.39 Å². The van der Waals surface area contributed by atoms with E-state index in [9.17, 15) is 4.39 Å². The molecule has 0 heterocycles. The van der Waals surface area contributed by atoms with Crippen LogP contribution >= 0.6 is 11.6 Å². The molecule has 1 unspecified atom stereocenters. The number of rotatable bonds is 5. The van der Waals surface area contributed by atoms with Crippen LogP contribution in [-0.4, -0.2) is 0 Å². The summed E-state index contributed by atoms with van der Waals surface area (Å²) in [7, 11) is 0. The van der Waals surface area contributed by atoms with Crippen LogP contribution in [0, 0.1) is 18.7 Å². The molecule has 1 atom stereocenters. The maximum Gasteiger partial charge on any atom is 0.149 e. The molecule has 0 saturated heterocycles. The van der Waals surface area contributed by atoms with Gasteiger partial charge in [0.2, 0.25) is 0 Å². The van der Waals surface area contributed by atoms with Crippen LogP contribution in [0.15, 0.2) is 18.2 Å². The normalized spacial score (nSPS) is 19.0. The number of halogens is 2. The minimum absolute atomic E-state index is 0.248. The average molecular weight is 295 g/mol. The van der Waals surface area contributed by atoms with Crippen molar-refractivity contribution in [3.8, 4) is 0 Å². The minimum Gasteiger partial charge on any atom is -0.205 e. The fraction of sp³-hybridized carbons (Fsp3) is 0.556. The molecule has 0 fully saturated rings. The van der Waals surface area contributed by atoms with Gasteiger partial charge >= 0.3 is 0 Å². The summed E-state index contributed by atoms with van der Waals surface area (Å²) in [4.78, 5) is 0. The van der Waals surface area contributed by atoms with Gasteiger partial charge in [-0.25, -0.2) is 4.39 Å². The monoisotopic (exact) mass is 294 g/mol. The average Bonchev–Trinajstić information content (AvgIpc) is 2.46. The van der Waals surface area contributed by atoms with E-state index in [0.29, 0.717) is 5.56 Å². The van der Waals surface area contributed by atoms with E-state index in [4.69, 9.17) is 11.6 Å². The van der Waals surface area contributed by atoms with Gasteiger partial charge in [0, 0.05) is 5.56 Å². The van der Waals surface area contributed by atoms with Gasteiger partial charge in [-0.15, -0.1) is 0 Å². The fourth-order valence-electron chi connectivity index (χ4n) is 2.97. The molecule has 1 aromatic rings. The van der Waals surface area contributed by atoms with Gasteiger partial charge in [0.25, 0.3) is 0 Å². The predicted octanol–water partition coefficient (Wildman–Crippen LogP) is 6.55. The Hall–Kier alpha value is -0.820. The van der Waals surface area contributed by atoms with E-state index in [2.05, 4.69) is 13.0 Å². The molecule has 0 amide bonds. The second-order valence-corrected chi connectivity index (χ2v) is 6.30. The van der Waals surface area contributed by atoms with Crippen LogP contribution in [0.5, 0.6) is 0 Å². The molecule has 0 N–H and O–H groups in total. The van der Waals surface area contributed by atoms with Gasteiger partial charge in [-0.1, -0.05) is 62.4 Å². The van der Waals surface area contributed by atoms with E-state index in [1.54, 1.807) is 0 Å². The zero-order valence-electron chi connectivity index (χ0n) is 12.5. The van der Waals surface area contributed by atoms with Gasteiger partial charge in [-0.05, 0) is 43.2 Å². The third-order valence-corrected chi connectivity index (χ3v) is 4.82. The van der Waals surface area contributed by atoms with Crippen LogP contribution in [0.1, 0.15) is 63.0 Å². The van der Waals surface area contributed by atoms with Crippen LogP contribution in [0.25, 0.3) is 5.57 Å². The highest BCUT2D eigenvalue weighted by atomic mass is 35.5. The molecule has 0 bridgehead atoms. The number of allylic oxidation sites excluding steroid dienone is 2. The van der Waals surface area contributed by atoms with Crippen molar-refractivity contribution in [3.63, 3.8) is 0 Å². The largest absolute Gasteiger partial charge is 0.205 e. The van der Waals surface area contributed by atoms with E-state index in [1.807, 2.05) is 19.1 Å². The van der Waals surface area contributed by atoms with Gasteiger partial charge in [0.15, 0.2) is 0 Å². The van der Waals surface area contributed by atoms with Gasteiger partial charge in [0.1, 0.15) is 5.82 Å². The first-order valence-corrected chi connectivity index (χ1v) is 8.15. The summed E-state index contributed by atoms with van der Waals surface area (Å²) in [5.41, 5.74) is 2.64. The lowest BCUT2D eigenvalue weighted by molar-refractivity contribution is 0.427. The summed E-state index contributed by atoms with van der Waals surface area (Å²) in [6.45, 7) is 4.08. The van der Waals surface area contributed by atoms with Crippen LogP contribution in [0.3, 0.4) is 0 Å². The molecule has 0 aromatic heterocycles. The molecule has 0 saturated carbocycles. The van der Waals surface area contributed by atoms with Gasteiger partial charge in [0.05, 0.1) is 5.02 Å². The SMILES string of the molecule is CCCCCC1CC=C(c2ccc(C)c(Cl)c2F)CC1. The molecule has 20 heavy (non-hydrogen) atoms. The number of benzene rings is 1. The molecule has 0 radical (unpaired) electrons. The number of hydrogen-bond acceptors (Lipinski definition) is 0. The van der Waals surface area contributed by atoms with Gasteiger partial charge in [-0.3, -0.25) is 0 Å². The molecule has 2 rings (SSSR count). The Kier molecular flexibility index (Phi) is 5.65. The summed E-state index contributed by atoms with van der Waals surface area (Å²) in [6, 6.07) is 3.79. The second kappa shape index (κ2) is 7.26. The quantitative estimate of drug-likeness (QED) is 0.540. The summed E-state index contributed by atoms with van der Waals surface area (Å²) in [5.74, 6) is 0.539. The topological polar surface area (TPSA) is 0 Å². The Morgan fingerprint density at radius 3 is 2.75 bits per heavy atom. The predicted molar refractivity (Wildman–Crippen MR) is 85.6 cm³/mol. The summed E-state index contributed by atoms with van der Waals surface area (Å²) < 4.78 is 14.2. The molecule has 1 aromatic carbocycles. The zero-order chi connectivity index (χ0) is 14.5. The molecular weight excluding hydrogens is 271 g/mol. The van der Waals surface area contributed by atoms with Gasteiger partial charge < -0.3 is 0 Å². The van der Waals surface area contributed by atoms with Crippen molar-refractivity contribution in [2.45, 2.75) is 58.8 Å². The van der Waals surface area contributed by atoms with Crippen molar-refractivity contribution in [1.29, 1.82) is 0 Å². The van der Waals surface area contributed by atoms with Crippen LogP contribution in [0.4, 0.5) is 4.39 Å². The van der Waals surface area contributed by atoms with Crippen LogP contribution < -0.4 is 0 Å². The summed E-state index contributed by atoms with van der Waals surface area (Å²) >= 11 is 6.01. The molecule has 110 valence electrons. The smallest absolute Gasteiger partial charge is 0.149 e. The van der Waals surface area contributed by atoms with Crippen molar-refractivity contribution >= 4 is 17.2 Å². The molecule has 0 nitrogen and oxygen atoms in total. The lowest BCUT2D eigenvalue weighted by Gasteiger charge is -2.22. The first kappa shape index (κ1) is 15.6. The second-order valence-electron chi connectivity index (χ2n) is 5.92. The lowest BCUT2D eigenvalue weighted by Crippen LogP contribution is -2.06. The third-order valence-electron chi connectivity index (χ3n) is 4.36. The van der Waals surface area contributed by atoms with Crippen molar-refractivity contribution in [2.24, 2.45) is 5.92 Å². The third kappa shape index (κ3) is 3.63. The lowest BCUT2D eigenvalue weighted by atomic mass is 9.83. The zero-order valence-corrected chi connectivity index (χ0v) is 13.3. The van der Waals surface area contributed by atoms with E-state index in [1.165, 1.54) is 32.1 Å². The standard InChI is InChI=1S/C18H24ClF/c1-3-4-5-6-14-8-10-15(11-9-14)16-12-7-13(2)17(19)18(16)20/h7,10,12,14H,3-6,8-9,11H2,1-2H3. The number of hydrogen-bond donors (Lipinski definition) is 0. The van der Waals surface area contributed by atoms with Crippen molar-refractivity contribution in [3.05, 3.63) is 40.2 Å². The van der Waals surface area contributed by atoms with E-state index >= 15 is 0 Å². The highest BCUT2D eigenvalue weighted by molar-refractivity contribution is 6.31. The number of aryl methyl sites for hydroxylation is 1. The Bertz CT molecular complexity index is 490. The first-order chi connectivity index (χ1) is 9.63. The minimum atomic E-state index is -0.248. The maximum absolute atomic E-state index is 14.2. The first-order valence-electron chi connectivity index (χ1n) is 7.77. The summed E-state index contributed by atoms with van der Waals surface area (Å²) in [5, 5.41) is 0.272. The van der Waals surface area contributed by atoms with E-state index in [-0.39, 0.29) is 10.8 Å². The van der Waals surface area contributed by atoms with Gasteiger partial charge in [-0.2, -0.15) is 0 Å². The highest BCUT2D eigenvalue weighted by Crippen LogP contribution is 2.35. The fourth-order valence-corrected chi connectivity index (χ4v) is 3.14. The van der Waals surface area contributed by atoms with Crippen LogP contribution in [-0.2, 0) is 0 Å². The number of unbranched alkanes of at least 4 members (excludes halogenated alkanes) is 2. The van der Waals surface area contributed by atoms with E-state index in [0.717, 1.165) is 29.9 Å². The molecule has 0 aliphatic heterocycles. The molecule has 2 heteroatoms. The molecule has 0 spiro atoms. The molecular formula is C18H24ClF. The van der Waals surface area contributed by atoms with Crippen molar-refractivity contribution in [1.82, 2.24) is 0 Å². The maximum atomic E-state index is 14.2. The Morgan fingerprint density at radius 1 is 1.30 bits per heavy atom. The molecule has 1 aliphatic carbocycles. The Morgan fingerprint density at radius 2 is 2.10 bits per heavy atom. The highest BCUT2D eigenvalue weighted by Gasteiger charge is 2.18. The van der Waals surface area contributed by atoms with E-state index < -0.39 is 0 Å². The molecule has 1 aliphatic rings. The summed E-state index contributed by atoms with van der Waals surface area (Å²) in [6.07, 6.45) is 10.7. The Balaban J connectivity index is 2.03. The van der Waals surface area contributed by atoms with Crippen molar-refractivity contribution in [2.75, 3.05) is 0 Å². The Labute approximate surface area is 127 Å². The van der Waals surface area contributed by atoms with Crippen LogP contribution in [0.2, 0.25) is 5.02 Å².